The lowest BCUT2D eigenvalue weighted by molar-refractivity contribution is 0.0924. The SMILES string of the molecule is CC(C)C(C#N)C(=O)c1ccc(Br)cc1Cl. The van der Waals surface area contributed by atoms with Gasteiger partial charge < -0.3 is 0 Å². The van der Waals surface area contributed by atoms with Crippen molar-refractivity contribution in [3.8, 4) is 6.07 Å². The Morgan fingerprint density at radius 1 is 1.50 bits per heavy atom. The predicted octanol–water partition coefficient (Wildman–Crippen LogP) is 4.08. The minimum Gasteiger partial charge on any atom is -0.293 e. The highest BCUT2D eigenvalue weighted by Crippen LogP contribution is 2.25. The fourth-order valence-electron chi connectivity index (χ4n) is 1.37. The first-order valence-electron chi connectivity index (χ1n) is 4.86. The zero-order valence-corrected chi connectivity index (χ0v) is 11.3. The molecule has 1 aromatic rings. The molecule has 0 bridgehead atoms. The van der Waals surface area contributed by atoms with Crippen LogP contribution in [0.3, 0.4) is 0 Å². The van der Waals surface area contributed by atoms with Crippen molar-refractivity contribution < 1.29 is 4.79 Å². The first kappa shape index (κ1) is 13.2. The van der Waals surface area contributed by atoms with E-state index >= 15 is 0 Å². The number of rotatable bonds is 3. The molecule has 0 aliphatic carbocycles. The topological polar surface area (TPSA) is 40.9 Å². The second-order valence-corrected chi connectivity index (χ2v) is 5.16. The van der Waals surface area contributed by atoms with E-state index in [1.54, 1.807) is 18.2 Å². The molecule has 0 heterocycles. The maximum Gasteiger partial charge on any atom is 0.181 e. The lowest BCUT2D eigenvalue weighted by Gasteiger charge is -2.12. The predicted molar refractivity (Wildman–Crippen MR) is 67.4 cm³/mol. The molecule has 0 N–H and O–H groups in total. The molecule has 0 amide bonds. The number of hydrogen-bond acceptors (Lipinski definition) is 2. The summed E-state index contributed by atoms with van der Waals surface area (Å²) in [5, 5.41) is 9.33. The molecule has 1 unspecified atom stereocenters. The number of benzene rings is 1. The highest BCUT2D eigenvalue weighted by atomic mass is 79.9. The van der Waals surface area contributed by atoms with Gasteiger partial charge in [0, 0.05) is 10.0 Å². The molecular formula is C12H11BrClNO. The molecule has 1 aromatic carbocycles. The van der Waals surface area contributed by atoms with Crippen molar-refractivity contribution >= 4 is 33.3 Å². The molecular weight excluding hydrogens is 289 g/mol. The van der Waals surface area contributed by atoms with Crippen LogP contribution in [0, 0.1) is 23.2 Å². The Hall–Kier alpha value is -0.850. The van der Waals surface area contributed by atoms with Gasteiger partial charge in [-0.2, -0.15) is 5.26 Å². The number of carbonyl (C=O) groups is 1. The van der Waals surface area contributed by atoms with Gasteiger partial charge in [0.15, 0.2) is 5.78 Å². The minimum atomic E-state index is -0.640. The van der Waals surface area contributed by atoms with Crippen molar-refractivity contribution in [2.45, 2.75) is 13.8 Å². The Bertz CT molecular complexity index is 451. The molecule has 0 saturated heterocycles. The molecule has 16 heavy (non-hydrogen) atoms. The summed E-state index contributed by atoms with van der Waals surface area (Å²) >= 11 is 9.24. The van der Waals surface area contributed by atoms with Gasteiger partial charge in [-0.15, -0.1) is 0 Å². The largest absolute Gasteiger partial charge is 0.293 e. The maximum absolute atomic E-state index is 12.0. The van der Waals surface area contributed by atoms with Crippen molar-refractivity contribution in [1.29, 1.82) is 5.26 Å². The first-order valence-corrected chi connectivity index (χ1v) is 6.03. The van der Waals surface area contributed by atoms with E-state index in [1.165, 1.54) is 0 Å². The van der Waals surface area contributed by atoms with Crippen LogP contribution in [0.4, 0.5) is 0 Å². The van der Waals surface area contributed by atoms with E-state index in [1.807, 2.05) is 19.9 Å². The maximum atomic E-state index is 12.0. The summed E-state index contributed by atoms with van der Waals surface area (Å²) in [6, 6.07) is 7.06. The zero-order chi connectivity index (χ0) is 12.3. The summed E-state index contributed by atoms with van der Waals surface area (Å²) in [6.45, 7) is 3.69. The number of hydrogen-bond donors (Lipinski definition) is 0. The van der Waals surface area contributed by atoms with Crippen LogP contribution in [0.5, 0.6) is 0 Å². The summed E-state index contributed by atoms with van der Waals surface area (Å²) in [5.74, 6) is -0.870. The van der Waals surface area contributed by atoms with Crippen molar-refractivity contribution in [1.82, 2.24) is 0 Å². The van der Waals surface area contributed by atoms with Gasteiger partial charge in [-0.25, -0.2) is 0 Å². The van der Waals surface area contributed by atoms with Crippen LogP contribution in [0.2, 0.25) is 5.02 Å². The van der Waals surface area contributed by atoms with Crippen LogP contribution >= 0.6 is 27.5 Å². The third-order valence-corrected chi connectivity index (χ3v) is 3.09. The minimum absolute atomic E-state index is 0.0165. The third kappa shape index (κ3) is 2.84. The van der Waals surface area contributed by atoms with Gasteiger partial charge in [0.2, 0.25) is 0 Å². The highest BCUT2D eigenvalue weighted by molar-refractivity contribution is 9.10. The fraction of sp³-hybridized carbons (Fsp3) is 0.333. The number of halogens is 2. The zero-order valence-electron chi connectivity index (χ0n) is 9.00. The smallest absolute Gasteiger partial charge is 0.181 e. The van der Waals surface area contributed by atoms with Gasteiger partial charge in [-0.3, -0.25) is 4.79 Å². The first-order chi connectivity index (χ1) is 7.47. The van der Waals surface area contributed by atoms with E-state index < -0.39 is 5.92 Å². The van der Waals surface area contributed by atoms with Crippen LogP contribution in [0.15, 0.2) is 22.7 Å². The van der Waals surface area contributed by atoms with Crippen LogP contribution in [0.25, 0.3) is 0 Å². The Labute approximate surface area is 108 Å². The Balaban J connectivity index is 3.10. The lowest BCUT2D eigenvalue weighted by Crippen LogP contribution is -2.19. The summed E-state index contributed by atoms with van der Waals surface area (Å²) in [4.78, 5) is 12.0. The summed E-state index contributed by atoms with van der Waals surface area (Å²) < 4.78 is 0.812. The Kier molecular flexibility index (Phi) is 4.52. The standard InChI is InChI=1S/C12H11BrClNO/c1-7(2)10(6-15)12(16)9-4-3-8(13)5-11(9)14/h3-5,7,10H,1-2H3. The van der Waals surface area contributed by atoms with E-state index in [2.05, 4.69) is 15.9 Å². The molecule has 2 nitrogen and oxygen atoms in total. The number of nitrogens with zero attached hydrogens (tertiary/aromatic N) is 1. The molecule has 0 aliphatic rings. The lowest BCUT2D eigenvalue weighted by atomic mass is 9.89. The molecule has 0 radical (unpaired) electrons. The molecule has 1 rings (SSSR count). The number of ketones is 1. The van der Waals surface area contributed by atoms with Gasteiger partial charge in [-0.05, 0) is 24.1 Å². The number of Topliss-reactive ketones (excluding diaryl/α,β-unsaturated/α-hetero) is 1. The van der Waals surface area contributed by atoms with Gasteiger partial charge in [0.05, 0.1) is 11.1 Å². The van der Waals surface area contributed by atoms with E-state index in [0.29, 0.717) is 10.6 Å². The summed E-state index contributed by atoms with van der Waals surface area (Å²) in [5.41, 5.74) is 0.408. The van der Waals surface area contributed by atoms with Crippen molar-refractivity contribution in [3.63, 3.8) is 0 Å². The van der Waals surface area contributed by atoms with E-state index in [-0.39, 0.29) is 11.7 Å². The van der Waals surface area contributed by atoms with Crippen molar-refractivity contribution in [2.24, 2.45) is 11.8 Å². The Morgan fingerprint density at radius 2 is 2.12 bits per heavy atom. The monoisotopic (exact) mass is 299 g/mol. The van der Waals surface area contributed by atoms with Crippen LogP contribution in [-0.4, -0.2) is 5.78 Å². The molecule has 1 atom stereocenters. The summed E-state index contributed by atoms with van der Waals surface area (Å²) in [6.07, 6.45) is 0. The molecule has 0 aromatic heterocycles. The van der Waals surface area contributed by atoms with Gasteiger partial charge in [0.1, 0.15) is 5.92 Å². The van der Waals surface area contributed by atoms with Crippen LogP contribution in [0.1, 0.15) is 24.2 Å². The second kappa shape index (κ2) is 5.47. The van der Waals surface area contributed by atoms with Gasteiger partial charge in [-0.1, -0.05) is 41.4 Å². The molecule has 4 heteroatoms. The molecule has 0 spiro atoms. The van der Waals surface area contributed by atoms with Gasteiger partial charge >= 0.3 is 0 Å². The fourth-order valence-corrected chi connectivity index (χ4v) is 2.13. The molecule has 0 aliphatic heterocycles. The number of nitriles is 1. The van der Waals surface area contributed by atoms with E-state index in [0.717, 1.165) is 4.47 Å². The average molecular weight is 301 g/mol. The molecule has 84 valence electrons. The van der Waals surface area contributed by atoms with Gasteiger partial charge in [0.25, 0.3) is 0 Å². The second-order valence-electron chi connectivity index (χ2n) is 3.84. The number of carbonyl (C=O) groups excluding carboxylic acids is 1. The quantitative estimate of drug-likeness (QED) is 0.789. The highest BCUT2D eigenvalue weighted by Gasteiger charge is 2.24. The van der Waals surface area contributed by atoms with Crippen LogP contribution < -0.4 is 0 Å². The van der Waals surface area contributed by atoms with Crippen LogP contribution in [-0.2, 0) is 0 Å². The third-order valence-electron chi connectivity index (χ3n) is 2.28. The normalized spacial score (nSPS) is 12.2. The van der Waals surface area contributed by atoms with E-state index in [9.17, 15) is 4.79 Å². The van der Waals surface area contributed by atoms with Crippen molar-refractivity contribution in [2.75, 3.05) is 0 Å². The molecule has 0 fully saturated rings. The van der Waals surface area contributed by atoms with E-state index in [4.69, 9.17) is 16.9 Å². The molecule has 0 saturated carbocycles. The average Bonchev–Trinajstić information content (AvgIpc) is 2.17. The van der Waals surface area contributed by atoms with Crippen molar-refractivity contribution in [3.05, 3.63) is 33.3 Å². The summed E-state index contributed by atoms with van der Waals surface area (Å²) in [7, 11) is 0. The Morgan fingerprint density at radius 3 is 2.56 bits per heavy atom.